The van der Waals surface area contributed by atoms with E-state index in [-0.39, 0.29) is 36.0 Å². The van der Waals surface area contributed by atoms with Crippen LogP contribution in [-0.2, 0) is 24.9 Å². The van der Waals surface area contributed by atoms with Crippen LogP contribution >= 0.6 is 0 Å². The van der Waals surface area contributed by atoms with Crippen LogP contribution in [0.4, 0.5) is 15.1 Å². The lowest BCUT2D eigenvalue weighted by Gasteiger charge is -2.34. The minimum atomic E-state index is -0.696. The van der Waals surface area contributed by atoms with E-state index in [1.165, 1.54) is 23.7 Å². The fraction of sp³-hybridized carbons (Fsp3) is 0.500. The zero-order valence-electron chi connectivity index (χ0n) is 22.2. The molecule has 38 heavy (non-hydrogen) atoms. The average molecular weight is 526 g/mol. The van der Waals surface area contributed by atoms with Gasteiger partial charge in [0.1, 0.15) is 5.60 Å². The molecule has 0 spiro atoms. The van der Waals surface area contributed by atoms with E-state index < -0.39 is 28.9 Å². The number of rotatable bonds is 5. The summed E-state index contributed by atoms with van der Waals surface area (Å²) in [5, 5.41) is 2.92. The third kappa shape index (κ3) is 5.72. The van der Waals surface area contributed by atoms with Crippen LogP contribution in [0.5, 0.6) is 0 Å². The number of fused-ring (bicyclic) bond motifs is 1. The predicted octanol–water partition coefficient (Wildman–Crippen LogP) is 2.00. The van der Waals surface area contributed by atoms with Crippen molar-refractivity contribution in [2.45, 2.75) is 65.3 Å². The third-order valence-electron chi connectivity index (χ3n) is 6.14. The molecule has 1 aliphatic heterocycles. The molecule has 4 rings (SSSR count). The maximum Gasteiger partial charge on any atom is 0.407 e. The van der Waals surface area contributed by atoms with Gasteiger partial charge < -0.3 is 15.0 Å². The van der Waals surface area contributed by atoms with Crippen LogP contribution in [-0.4, -0.2) is 54.5 Å². The summed E-state index contributed by atoms with van der Waals surface area (Å²) < 4.78 is 23.1. The van der Waals surface area contributed by atoms with E-state index in [4.69, 9.17) is 9.72 Å². The van der Waals surface area contributed by atoms with Crippen LogP contribution in [0, 0.1) is 17.8 Å². The van der Waals surface area contributed by atoms with Gasteiger partial charge in [0.2, 0.25) is 11.9 Å². The highest BCUT2D eigenvalue weighted by molar-refractivity contribution is 5.75. The summed E-state index contributed by atoms with van der Waals surface area (Å²) in [6, 6.07) is 4.03. The van der Waals surface area contributed by atoms with Crippen LogP contribution in [0.25, 0.3) is 11.2 Å². The lowest BCUT2D eigenvalue weighted by Crippen LogP contribution is -2.49. The van der Waals surface area contributed by atoms with E-state index in [0.29, 0.717) is 19.0 Å². The number of alkyl carbamates (subject to hydrolysis) is 1. The first-order chi connectivity index (χ1) is 18.0. The van der Waals surface area contributed by atoms with Gasteiger partial charge in [-0.15, -0.1) is 5.92 Å². The molecule has 4 heterocycles. The summed E-state index contributed by atoms with van der Waals surface area (Å²) in [5.41, 5.74) is -1.09. The third-order valence-corrected chi connectivity index (χ3v) is 6.14. The number of hydrogen-bond acceptors (Lipinski definition) is 7. The molecule has 3 aromatic heterocycles. The Hall–Kier alpha value is -4.14. The number of aryl methyl sites for hydroxylation is 1. The second-order valence-electron chi connectivity index (χ2n) is 10.2. The average Bonchev–Trinajstić information content (AvgIpc) is 3.23. The van der Waals surface area contributed by atoms with Gasteiger partial charge in [0.25, 0.3) is 5.56 Å². The molecular formula is C26H32FN7O4. The number of amides is 1. The quantitative estimate of drug-likeness (QED) is 0.400. The number of aromatic nitrogens is 5. The number of carbonyl (C=O) groups excluding carboxylic acids is 1. The zero-order valence-corrected chi connectivity index (χ0v) is 22.2. The summed E-state index contributed by atoms with van der Waals surface area (Å²) in [6.45, 7) is 8.18. The summed E-state index contributed by atoms with van der Waals surface area (Å²) in [6.07, 6.45) is 1.04. The molecule has 0 bridgehead atoms. The van der Waals surface area contributed by atoms with Gasteiger partial charge in [0, 0.05) is 26.2 Å². The largest absolute Gasteiger partial charge is 0.444 e. The topological polar surface area (TPSA) is 116 Å². The molecular weight excluding hydrogens is 493 g/mol. The van der Waals surface area contributed by atoms with Crippen molar-refractivity contribution in [3.63, 3.8) is 0 Å². The lowest BCUT2D eigenvalue weighted by molar-refractivity contribution is 0.0499. The second kappa shape index (κ2) is 10.7. The zero-order chi connectivity index (χ0) is 27.6. The molecule has 0 aliphatic carbocycles. The number of nitrogens with one attached hydrogen (secondary N) is 1. The van der Waals surface area contributed by atoms with Crippen LogP contribution in [0.2, 0.25) is 0 Å². The van der Waals surface area contributed by atoms with Crippen LogP contribution in [0.1, 0.15) is 46.2 Å². The van der Waals surface area contributed by atoms with Gasteiger partial charge in [0.05, 0.1) is 18.8 Å². The minimum Gasteiger partial charge on any atom is -0.444 e. The molecule has 0 unspecified atom stereocenters. The molecule has 1 amide bonds. The van der Waals surface area contributed by atoms with Crippen molar-refractivity contribution < 1.29 is 13.9 Å². The van der Waals surface area contributed by atoms with Gasteiger partial charge in [0.15, 0.2) is 11.2 Å². The number of pyridine rings is 1. The lowest BCUT2D eigenvalue weighted by atomic mass is 10.1. The molecule has 12 heteroatoms. The van der Waals surface area contributed by atoms with E-state index >= 15 is 0 Å². The highest BCUT2D eigenvalue weighted by Gasteiger charge is 2.29. The maximum absolute atomic E-state index is 13.7. The van der Waals surface area contributed by atoms with Crippen LogP contribution < -0.4 is 21.5 Å². The molecule has 1 aliphatic rings. The summed E-state index contributed by atoms with van der Waals surface area (Å²) >= 11 is 0. The first-order valence-corrected chi connectivity index (χ1v) is 12.4. The summed E-state index contributed by atoms with van der Waals surface area (Å²) in [4.78, 5) is 49.6. The van der Waals surface area contributed by atoms with Gasteiger partial charge in [-0.3, -0.25) is 18.5 Å². The number of piperidine rings is 1. The number of halogens is 1. The molecule has 202 valence electrons. The van der Waals surface area contributed by atoms with Crippen LogP contribution in [0.3, 0.4) is 0 Å². The Morgan fingerprint density at radius 2 is 2.00 bits per heavy atom. The smallest absolute Gasteiger partial charge is 0.407 e. The molecule has 11 nitrogen and oxygen atoms in total. The van der Waals surface area contributed by atoms with Gasteiger partial charge in [-0.05, 0) is 52.7 Å². The molecule has 1 saturated heterocycles. The number of carbonyl (C=O) groups is 1. The molecule has 3 aromatic rings. The second-order valence-corrected chi connectivity index (χ2v) is 10.2. The Morgan fingerprint density at radius 1 is 1.24 bits per heavy atom. The van der Waals surface area contributed by atoms with Crippen molar-refractivity contribution in [3.05, 3.63) is 50.7 Å². The first kappa shape index (κ1) is 26.9. The Labute approximate surface area is 219 Å². The Morgan fingerprint density at radius 3 is 2.68 bits per heavy atom. The summed E-state index contributed by atoms with van der Waals surface area (Å²) in [5.74, 6) is 5.62. The normalized spacial score (nSPS) is 15.7. The molecule has 0 saturated carbocycles. The number of anilines is 1. The first-order valence-electron chi connectivity index (χ1n) is 12.4. The Bertz CT molecular complexity index is 1540. The van der Waals surface area contributed by atoms with Crippen molar-refractivity contribution in [1.82, 2.24) is 29.0 Å². The SMILES string of the molecule is CC#CCn1c(N2CCC[C@@H](NC(=O)OC(C)(C)C)C2)nc2c1c(=O)n(Cc1cccc(F)n1)c(=O)n2C. The number of nitrogens with zero attached hydrogens (tertiary/aromatic N) is 6. The van der Waals surface area contributed by atoms with Crippen molar-refractivity contribution >= 4 is 23.2 Å². The van der Waals surface area contributed by atoms with E-state index in [1.807, 2.05) is 4.90 Å². The number of imidazole rings is 1. The molecule has 1 N–H and O–H groups in total. The number of ether oxygens (including phenoxy) is 1. The molecule has 0 aromatic carbocycles. The van der Waals surface area contributed by atoms with E-state index in [2.05, 4.69) is 22.1 Å². The van der Waals surface area contributed by atoms with E-state index in [0.717, 1.165) is 17.4 Å². The fourth-order valence-electron chi connectivity index (χ4n) is 4.50. The monoisotopic (exact) mass is 525 g/mol. The van der Waals surface area contributed by atoms with Crippen LogP contribution in [0.15, 0.2) is 27.8 Å². The van der Waals surface area contributed by atoms with Crippen molar-refractivity contribution in [3.8, 4) is 11.8 Å². The van der Waals surface area contributed by atoms with Gasteiger partial charge in [-0.2, -0.15) is 9.37 Å². The number of hydrogen-bond donors (Lipinski definition) is 1. The predicted molar refractivity (Wildman–Crippen MR) is 141 cm³/mol. The Kier molecular flexibility index (Phi) is 7.57. The summed E-state index contributed by atoms with van der Waals surface area (Å²) in [7, 11) is 1.54. The minimum absolute atomic E-state index is 0.175. The van der Waals surface area contributed by atoms with E-state index in [9.17, 15) is 18.8 Å². The van der Waals surface area contributed by atoms with Gasteiger partial charge >= 0.3 is 11.8 Å². The highest BCUT2D eigenvalue weighted by atomic mass is 19.1. The standard InChI is InChI=1S/C26H32FN7O4/c1-6-7-14-33-20-21(31(5)25(37)34(22(20)35)16-18-10-8-12-19(27)28-18)30-23(33)32-13-9-11-17(15-32)29-24(36)38-26(2,3)4/h8,10,12,17H,9,11,13-16H2,1-5H3,(H,29,36)/t17-/m1/s1. The molecule has 0 radical (unpaired) electrons. The maximum atomic E-state index is 13.7. The van der Waals surface area contributed by atoms with Gasteiger partial charge in [-0.25, -0.2) is 14.6 Å². The van der Waals surface area contributed by atoms with Crippen molar-refractivity contribution in [2.75, 3.05) is 18.0 Å². The highest BCUT2D eigenvalue weighted by Crippen LogP contribution is 2.23. The molecule has 1 fully saturated rings. The Balaban J connectivity index is 1.75. The van der Waals surface area contributed by atoms with Crippen molar-refractivity contribution in [1.29, 1.82) is 0 Å². The molecule has 1 atom stereocenters. The van der Waals surface area contributed by atoms with Gasteiger partial charge in [-0.1, -0.05) is 12.0 Å². The van der Waals surface area contributed by atoms with Crippen molar-refractivity contribution in [2.24, 2.45) is 7.05 Å². The fourth-order valence-corrected chi connectivity index (χ4v) is 4.50. The van der Waals surface area contributed by atoms with E-state index in [1.54, 1.807) is 38.3 Å².